The van der Waals surface area contributed by atoms with Gasteiger partial charge in [0.15, 0.2) is 0 Å². The molecule has 43 heavy (non-hydrogen) atoms. The molecule has 0 bridgehead atoms. The minimum absolute atomic E-state index is 0.0227. The number of likely N-dealkylation sites (tertiary alicyclic amines) is 1. The number of nitrogens with one attached hydrogen (secondary N) is 3. The van der Waals surface area contributed by atoms with Gasteiger partial charge in [0.25, 0.3) is 0 Å². The molecule has 8 aliphatic rings. The fourth-order valence-electron chi connectivity index (χ4n) is 13.2. The second-order valence-corrected chi connectivity index (χ2v) is 17.5. The SMILES string of the molecule is C[C@@H]1CC[C@@]2(NC1)O[C@H]1C[C@H]3[C@@H]4CC[C@@H]5CC(NC(=O)CC(=O)N6CC7CNCC7C6)CC[C@]5(C)[C@H]4CC[C@]3(C)[C@H]1[C@@H]2C. The van der Waals surface area contributed by atoms with E-state index in [1.807, 2.05) is 4.90 Å². The number of carbonyl (C=O) groups excluding carboxylic acids is 2. The van der Waals surface area contributed by atoms with Gasteiger partial charge in [0.1, 0.15) is 12.1 Å². The first-order valence-corrected chi connectivity index (χ1v) is 18.3. The summed E-state index contributed by atoms with van der Waals surface area (Å²) in [7, 11) is 0. The number of nitrogens with zero attached hydrogens (tertiary/aromatic N) is 1. The maximum absolute atomic E-state index is 13.0. The lowest BCUT2D eigenvalue weighted by atomic mass is 9.44. The lowest BCUT2D eigenvalue weighted by molar-refractivity contribution is -0.138. The van der Waals surface area contributed by atoms with Gasteiger partial charge in [0.2, 0.25) is 11.8 Å². The van der Waals surface area contributed by atoms with Crippen LogP contribution in [0.5, 0.6) is 0 Å². The average molecular weight is 595 g/mol. The minimum Gasteiger partial charge on any atom is -0.357 e. The number of rotatable bonds is 3. The van der Waals surface area contributed by atoms with Crippen LogP contribution in [0.3, 0.4) is 0 Å². The van der Waals surface area contributed by atoms with Crippen molar-refractivity contribution in [3.63, 3.8) is 0 Å². The molecule has 4 saturated carbocycles. The molecule has 0 aromatic rings. The Kier molecular flexibility index (Phi) is 7.08. The van der Waals surface area contributed by atoms with Gasteiger partial charge in [-0.1, -0.05) is 27.7 Å². The van der Waals surface area contributed by atoms with E-state index in [-0.39, 0.29) is 30.0 Å². The molecule has 8 rings (SSSR count). The maximum Gasteiger partial charge on any atom is 0.232 e. The molecule has 2 amide bonds. The molecular weight excluding hydrogens is 536 g/mol. The normalized spacial score (nSPS) is 53.6. The van der Waals surface area contributed by atoms with Crippen LogP contribution in [0.1, 0.15) is 98.3 Å². The third-order valence-corrected chi connectivity index (χ3v) is 15.6. The van der Waals surface area contributed by atoms with Crippen LogP contribution >= 0.6 is 0 Å². The molecule has 0 aromatic carbocycles. The topological polar surface area (TPSA) is 82.7 Å². The van der Waals surface area contributed by atoms with Crippen molar-refractivity contribution in [3.05, 3.63) is 0 Å². The van der Waals surface area contributed by atoms with Crippen molar-refractivity contribution in [2.24, 2.45) is 64.1 Å². The summed E-state index contributed by atoms with van der Waals surface area (Å²) in [5, 5.41) is 10.7. The summed E-state index contributed by atoms with van der Waals surface area (Å²) in [5.41, 5.74) is 0.717. The van der Waals surface area contributed by atoms with Gasteiger partial charge in [-0.3, -0.25) is 14.9 Å². The van der Waals surface area contributed by atoms with Crippen molar-refractivity contribution < 1.29 is 14.3 Å². The van der Waals surface area contributed by atoms with Gasteiger partial charge in [0, 0.05) is 44.7 Å². The predicted octanol–water partition coefficient (Wildman–Crippen LogP) is 4.56. The van der Waals surface area contributed by atoms with E-state index in [1.165, 1.54) is 51.4 Å². The van der Waals surface area contributed by atoms with E-state index in [9.17, 15) is 9.59 Å². The Morgan fingerprint density at radius 3 is 2.40 bits per heavy atom. The predicted molar refractivity (Wildman–Crippen MR) is 167 cm³/mol. The Bertz CT molecular complexity index is 1110. The van der Waals surface area contributed by atoms with Gasteiger partial charge in [-0.25, -0.2) is 0 Å². The van der Waals surface area contributed by atoms with E-state index in [4.69, 9.17) is 4.74 Å². The fraction of sp³-hybridized carbons (Fsp3) is 0.944. The van der Waals surface area contributed by atoms with Crippen molar-refractivity contribution in [2.45, 2.75) is 116 Å². The first-order valence-electron chi connectivity index (χ1n) is 18.3. The maximum atomic E-state index is 13.0. The number of hydrogen-bond acceptors (Lipinski definition) is 5. The third-order valence-electron chi connectivity index (χ3n) is 15.6. The van der Waals surface area contributed by atoms with Gasteiger partial charge < -0.3 is 20.3 Å². The number of amides is 2. The van der Waals surface area contributed by atoms with Crippen LogP contribution in [0.25, 0.3) is 0 Å². The van der Waals surface area contributed by atoms with Gasteiger partial charge >= 0.3 is 0 Å². The molecule has 3 N–H and O–H groups in total. The smallest absolute Gasteiger partial charge is 0.232 e. The molecule has 14 atom stereocenters. The second-order valence-electron chi connectivity index (χ2n) is 17.5. The zero-order valence-corrected chi connectivity index (χ0v) is 27.3. The van der Waals surface area contributed by atoms with E-state index in [1.54, 1.807) is 0 Å². The van der Waals surface area contributed by atoms with E-state index in [0.29, 0.717) is 46.5 Å². The quantitative estimate of drug-likeness (QED) is 0.418. The molecule has 0 radical (unpaired) electrons. The highest BCUT2D eigenvalue weighted by Crippen LogP contribution is 2.71. The molecule has 7 nitrogen and oxygen atoms in total. The molecule has 7 heteroatoms. The van der Waals surface area contributed by atoms with Gasteiger partial charge in [-0.05, 0) is 122 Å². The molecule has 4 aliphatic carbocycles. The van der Waals surface area contributed by atoms with E-state index < -0.39 is 0 Å². The zero-order valence-electron chi connectivity index (χ0n) is 27.3. The molecule has 4 aliphatic heterocycles. The van der Waals surface area contributed by atoms with Crippen molar-refractivity contribution in [3.8, 4) is 0 Å². The Balaban J connectivity index is 0.888. The zero-order chi connectivity index (χ0) is 29.7. The summed E-state index contributed by atoms with van der Waals surface area (Å²) in [6, 6.07) is 0.230. The molecular formula is C36H58N4O3. The third kappa shape index (κ3) is 4.51. The summed E-state index contributed by atoms with van der Waals surface area (Å²) < 4.78 is 7.09. The van der Waals surface area contributed by atoms with Crippen molar-refractivity contribution >= 4 is 11.8 Å². The van der Waals surface area contributed by atoms with Crippen LogP contribution in [0.15, 0.2) is 0 Å². The number of hydrogen-bond donors (Lipinski definition) is 3. The van der Waals surface area contributed by atoms with Crippen LogP contribution in [0.2, 0.25) is 0 Å². The molecule has 8 fully saturated rings. The molecule has 0 aromatic heterocycles. The number of fused-ring (bicyclic) bond motifs is 8. The Labute approximate surface area is 259 Å². The van der Waals surface area contributed by atoms with E-state index in [0.717, 1.165) is 69.2 Å². The first-order chi connectivity index (χ1) is 20.6. The van der Waals surface area contributed by atoms with Crippen molar-refractivity contribution in [1.29, 1.82) is 0 Å². The van der Waals surface area contributed by atoms with Gasteiger partial charge in [-0.15, -0.1) is 0 Å². The summed E-state index contributed by atoms with van der Waals surface area (Å²) in [5.74, 6) is 6.28. The fourth-order valence-corrected chi connectivity index (χ4v) is 13.2. The summed E-state index contributed by atoms with van der Waals surface area (Å²) >= 11 is 0. The lowest BCUT2D eigenvalue weighted by Gasteiger charge is -2.61. The number of carbonyl (C=O) groups is 2. The lowest BCUT2D eigenvalue weighted by Crippen LogP contribution is -2.58. The van der Waals surface area contributed by atoms with E-state index in [2.05, 4.69) is 43.6 Å². The standard InChI is InChI=1S/C36H58N4O3/c1-21-7-12-36(38-16-21)22(2)33-30(43-36)14-29-27-6-5-25-13-26(8-10-34(25,3)28(27)9-11-35(29,33)4)39-31(41)15-32(42)40-19-23-17-37-18-24(23)20-40/h21-30,33,37-38H,5-20H2,1-4H3,(H,39,41)/t21-,22+,23?,24?,25-,26?,27-,28+,29+,30+,33+,34+,35+,36-/m1/s1. The molecule has 1 spiro atoms. The Morgan fingerprint density at radius 1 is 0.884 bits per heavy atom. The summed E-state index contributed by atoms with van der Waals surface area (Å²) in [6.45, 7) is 14.9. The van der Waals surface area contributed by atoms with Crippen LogP contribution in [-0.4, -0.2) is 67.3 Å². The Hall–Kier alpha value is -1.18. The molecule has 4 saturated heterocycles. The largest absolute Gasteiger partial charge is 0.357 e. The second kappa shape index (κ2) is 10.4. The van der Waals surface area contributed by atoms with Crippen molar-refractivity contribution in [2.75, 3.05) is 32.7 Å². The molecule has 240 valence electrons. The first kappa shape index (κ1) is 29.2. The van der Waals surface area contributed by atoms with Gasteiger partial charge in [0.05, 0.1) is 6.10 Å². The number of piperidine rings is 1. The van der Waals surface area contributed by atoms with Crippen LogP contribution in [0, 0.1) is 64.1 Å². The highest BCUT2D eigenvalue weighted by molar-refractivity contribution is 5.97. The summed E-state index contributed by atoms with van der Waals surface area (Å²) in [6.07, 6.45) is 13.0. The average Bonchev–Trinajstić information content (AvgIpc) is 3.71. The highest BCUT2D eigenvalue weighted by Gasteiger charge is 2.68. The van der Waals surface area contributed by atoms with Gasteiger partial charge in [-0.2, -0.15) is 0 Å². The van der Waals surface area contributed by atoms with E-state index >= 15 is 0 Å². The number of ether oxygens (including phenoxy) is 1. The highest BCUT2D eigenvalue weighted by atomic mass is 16.5. The van der Waals surface area contributed by atoms with Crippen LogP contribution < -0.4 is 16.0 Å². The van der Waals surface area contributed by atoms with Crippen LogP contribution in [-0.2, 0) is 14.3 Å². The monoisotopic (exact) mass is 594 g/mol. The molecule has 3 unspecified atom stereocenters. The molecule has 4 heterocycles. The van der Waals surface area contributed by atoms with Crippen molar-refractivity contribution in [1.82, 2.24) is 20.9 Å². The Morgan fingerprint density at radius 2 is 1.65 bits per heavy atom. The van der Waals surface area contributed by atoms with Crippen LogP contribution in [0.4, 0.5) is 0 Å². The minimum atomic E-state index is -0.0747. The summed E-state index contributed by atoms with van der Waals surface area (Å²) in [4.78, 5) is 27.9.